The Morgan fingerprint density at radius 2 is 1.95 bits per heavy atom. The summed E-state index contributed by atoms with van der Waals surface area (Å²) in [5.74, 6) is -1.38. The van der Waals surface area contributed by atoms with Gasteiger partial charge in [-0.3, -0.25) is 19.3 Å². The van der Waals surface area contributed by atoms with E-state index in [1.807, 2.05) is 0 Å². The molecule has 0 aromatic heterocycles. The summed E-state index contributed by atoms with van der Waals surface area (Å²) in [6, 6.07) is 3.65. The zero-order valence-corrected chi connectivity index (χ0v) is 11.4. The summed E-state index contributed by atoms with van der Waals surface area (Å²) in [6.45, 7) is 0.0462. The van der Waals surface area contributed by atoms with Crippen LogP contribution >= 0.6 is 0 Å². The van der Waals surface area contributed by atoms with Crippen LogP contribution in [0.5, 0.6) is 0 Å². The molecule has 1 saturated heterocycles. The van der Waals surface area contributed by atoms with Crippen LogP contribution in [0.1, 0.15) is 25.7 Å². The highest BCUT2D eigenvalue weighted by Gasteiger charge is 2.25. The minimum absolute atomic E-state index is 0.0195. The van der Waals surface area contributed by atoms with Crippen LogP contribution in [-0.2, 0) is 14.4 Å². The maximum atomic E-state index is 12.9. The van der Waals surface area contributed by atoms with E-state index in [0.717, 1.165) is 11.0 Å². The Balaban J connectivity index is 1.90. The topological polar surface area (TPSA) is 92.5 Å². The van der Waals surface area contributed by atoms with Crippen molar-refractivity contribution in [2.45, 2.75) is 25.7 Å². The smallest absolute Gasteiger partial charge is 0.229 e. The second kappa shape index (κ2) is 6.34. The van der Waals surface area contributed by atoms with Gasteiger partial charge in [-0.05, 0) is 24.6 Å². The lowest BCUT2D eigenvalue weighted by Crippen LogP contribution is -2.41. The molecule has 0 atom stereocenters. The molecular formula is C14H16FN3O3. The lowest BCUT2D eigenvalue weighted by molar-refractivity contribution is -0.148. The van der Waals surface area contributed by atoms with E-state index in [-0.39, 0.29) is 36.4 Å². The third kappa shape index (κ3) is 3.77. The number of nitrogens with one attached hydrogen (secondary N) is 1. The van der Waals surface area contributed by atoms with Crippen molar-refractivity contribution in [3.63, 3.8) is 0 Å². The van der Waals surface area contributed by atoms with Crippen LogP contribution in [0, 0.1) is 5.82 Å². The quantitative estimate of drug-likeness (QED) is 0.646. The molecular weight excluding hydrogens is 277 g/mol. The Morgan fingerprint density at radius 3 is 2.57 bits per heavy atom. The minimum atomic E-state index is -0.491. The minimum Gasteiger partial charge on any atom is -0.397 e. The predicted molar refractivity (Wildman–Crippen MR) is 74.6 cm³/mol. The van der Waals surface area contributed by atoms with Crippen LogP contribution < -0.4 is 11.1 Å². The molecule has 1 heterocycles. The van der Waals surface area contributed by atoms with Gasteiger partial charge in [0.2, 0.25) is 17.7 Å². The van der Waals surface area contributed by atoms with E-state index in [0.29, 0.717) is 24.9 Å². The highest BCUT2D eigenvalue weighted by atomic mass is 19.1. The van der Waals surface area contributed by atoms with Crippen LogP contribution in [0.3, 0.4) is 0 Å². The van der Waals surface area contributed by atoms with E-state index in [1.165, 1.54) is 12.1 Å². The van der Waals surface area contributed by atoms with E-state index in [2.05, 4.69) is 5.32 Å². The average Bonchev–Trinajstić information content (AvgIpc) is 2.41. The van der Waals surface area contributed by atoms with Gasteiger partial charge in [-0.15, -0.1) is 0 Å². The molecule has 0 saturated carbocycles. The average molecular weight is 293 g/mol. The Labute approximate surface area is 121 Å². The van der Waals surface area contributed by atoms with Crippen molar-refractivity contribution in [1.82, 2.24) is 4.90 Å². The van der Waals surface area contributed by atoms with Crippen molar-refractivity contribution in [1.29, 1.82) is 0 Å². The van der Waals surface area contributed by atoms with Gasteiger partial charge >= 0.3 is 0 Å². The molecule has 1 aliphatic rings. The van der Waals surface area contributed by atoms with Gasteiger partial charge in [0, 0.05) is 25.8 Å². The maximum absolute atomic E-state index is 12.9. The van der Waals surface area contributed by atoms with E-state index in [9.17, 15) is 18.8 Å². The van der Waals surface area contributed by atoms with E-state index in [4.69, 9.17) is 5.73 Å². The molecule has 6 nitrogen and oxygen atoms in total. The molecule has 7 heteroatoms. The van der Waals surface area contributed by atoms with Crippen LogP contribution in [0.25, 0.3) is 0 Å². The van der Waals surface area contributed by atoms with Crippen molar-refractivity contribution in [2.75, 3.05) is 17.6 Å². The lowest BCUT2D eigenvalue weighted by Gasteiger charge is -2.24. The molecule has 1 aliphatic heterocycles. The first-order chi connectivity index (χ1) is 9.97. The monoisotopic (exact) mass is 293 g/mol. The number of piperidine rings is 1. The molecule has 1 aromatic rings. The van der Waals surface area contributed by atoms with Gasteiger partial charge < -0.3 is 11.1 Å². The number of nitrogen functional groups attached to an aromatic ring is 1. The van der Waals surface area contributed by atoms with Crippen molar-refractivity contribution < 1.29 is 18.8 Å². The number of hydrogen-bond acceptors (Lipinski definition) is 4. The Kier molecular flexibility index (Phi) is 4.52. The van der Waals surface area contributed by atoms with E-state index < -0.39 is 5.82 Å². The molecule has 2 rings (SSSR count). The van der Waals surface area contributed by atoms with Gasteiger partial charge in [0.1, 0.15) is 5.82 Å². The first kappa shape index (κ1) is 15.0. The van der Waals surface area contributed by atoms with Crippen LogP contribution in [-0.4, -0.2) is 29.2 Å². The van der Waals surface area contributed by atoms with Crippen molar-refractivity contribution in [3.05, 3.63) is 24.0 Å². The number of hydrogen-bond donors (Lipinski definition) is 2. The van der Waals surface area contributed by atoms with Crippen molar-refractivity contribution in [3.8, 4) is 0 Å². The molecule has 1 fully saturated rings. The zero-order valence-electron chi connectivity index (χ0n) is 11.4. The van der Waals surface area contributed by atoms with Crippen LogP contribution in [0.2, 0.25) is 0 Å². The third-order valence-electron chi connectivity index (χ3n) is 3.23. The number of nitrogens with two attached hydrogens (primary N) is 1. The normalized spacial score (nSPS) is 15.2. The Morgan fingerprint density at radius 1 is 1.29 bits per heavy atom. The van der Waals surface area contributed by atoms with Gasteiger partial charge in [0.05, 0.1) is 11.4 Å². The number of carbonyl (C=O) groups is 3. The molecule has 0 unspecified atom stereocenters. The highest BCUT2D eigenvalue weighted by Crippen LogP contribution is 2.19. The number of carbonyl (C=O) groups excluding carboxylic acids is 3. The number of anilines is 2. The fourth-order valence-corrected chi connectivity index (χ4v) is 2.12. The first-order valence-corrected chi connectivity index (χ1v) is 6.65. The summed E-state index contributed by atoms with van der Waals surface area (Å²) in [7, 11) is 0. The second-order valence-electron chi connectivity index (χ2n) is 4.82. The van der Waals surface area contributed by atoms with Gasteiger partial charge in [-0.25, -0.2) is 4.39 Å². The predicted octanol–water partition coefficient (Wildman–Crippen LogP) is 1.28. The first-order valence-electron chi connectivity index (χ1n) is 6.65. The second-order valence-corrected chi connectivity index (χ2v) is 4.82. The summed E-state index contributed by atoms with van der Waals surface area (Å²) in [6.07, 6.45) is 1.21. The molecule has 3 amide bonds. The Bertz CT molecular complexity index is 573. The number of nitrogens with zero attached hydrogens (tertiary/aromatic N) is 1. The molecule has 1 aromatic carbocycles. The fraction of sp³-hybridized carbons (Fsp3) is 0.357. The molecule has 0 bridgehead atoms. The lowest BCUT2D eigenvalue weighted by atomic mass is 10.1. The van der Waals surface area contributed by atoms with Crippen LogP contribution in [0.15, 0.2) is 18.2 Å². The van der Waals surface area contributed by atoms with E-state index >= 15 is 0 Å². The van der Waals surface area contributed by atoms with Gasteiger partial charge in [-0.1, -0.05) is 0 Å². The molecule has 21 heavy (non-hydrogen) atoms. The zero-order chi connectivity index (χ0) is 15.4. The molecule has 112 valence electrons. The van der Waals surface area contributed by atoms with Gasteiger partial charge in [0.25, 0.3) is 0 Å². The number of benzene rings is 1. The largest absolute Gasteiger partial charge is 0.397 e. The number of halogens is 1. The van der Waals surface area contributed by atoms with Gasteiger partial charge in [0.15, 0.2) is 0 Å². The SMILES string of the molecule is Nc1cc(F)ccc1NC(=O)CCN1C(=O)CCCC1=O. The molecule has 0 aliphatic carbocycles. The highest BCUT2D eigenvalue weighted by molar-refractivity contribution is 5.99. The Hall–Kier alpha value is -2.44. The van der Waals surface area contributed by atoms with E-state index in [1.54, 1.807) is 0 Å². The van der Waals surface area contributed by atoms with Crippen molar-refractivity contribution in [2.24, 2.45) is 0 Å². The number of likely N-dealkylation sites (tertiary alicyclic amines) is 1. The summed E-state index contributed by atoms with van der Waals surface area (Å²) >= 11 is 0. The number of rotatable bonds is 4. The summed E-state index contributed by atoms with van der Waals surface area (Å²) < 4.78 is 12.9. The number of imide groups is 1. The standard InChI is InChI=1S/C14H16FN3O3/c15-9-4-5-11(10(16)8-9)17-12(19)6-7-18-13(20)2-1-3-14(18)21/h4-5,8H,1-3,6-7,16H2,(H,17,19). The molecule has 3 N–H and O–H groups in total. The molecule has 0 spiro atoms. The fourth-order valence-electron chi connectivity index (χ4n) is 2.12. The molecule has 0 radical (unpaired) electrons. The van der Waals surface area contributed by atoms with Crippen LogP contribution in [0.4, 0.5) is 15.8 Å². The number of amides is 3. The third-order valence-corrected chi connectivity index (χ3v) is 3.23. The van der Waals surface area contributed by atoms with Crippen molar-refractivity contribution >= 4 is 29.1 Å². The summed E-state index contributed by atoms with van der Waals surface area (Å²) in [4.78, 5) is 36.1. The van der Waals surface area contributed by atoms with Gasteiger partial charge in [-0.2, -0.15) is 0 Å². The summed E-state index contributed by atoms with van der Waals surface area (Å²) in [5, 5.41) is 2.53. The summed E-state index contributed by atoms with van der Waals surface area (Å²) in [5.41, 5.74) is 6.00. The maximum Gasteiger partial charge on any atom is 0.229 e.